The molecule has 2 aromatic rings. The van der Waals surface area contributed by atoms with Gasteiger partial charge in [0.1, 0.15) is 17.3 Å². The molecule has 0 bridgehead atoms. The van der Waals surface area contributed by atoms with Gasteiger partial charge < -0.3 is 11.1 Å². The van der Waals surface area contributed by atoms with Crippen molar-refractivity contribution in [2.45, 2.75) is 0 Å². The number of carbonyl (C=O) groups is 1. The summed E-state index contributed by atoms with van der Waals surface area (Å²) in [6.45, 7) is 0. The summed E-state index contributed by atoms with van der Waals surface area (Å²) in [5.41, 5.74) is 4.76. The van der Waals surface area contributed by atoms with Crippen molar-refractivity contribution >= 4 is 28.1 Å². The normalized spacial score (nSPS) is 10.2. The van der Waals surface area contributed by atoms with Crippen molar-refractivity contribution < 1.29 is 13.6 Å². The van der Waals surface area contributed by atoms with Gasteiger partial charge in [0.05, 0.1) is 0 Å². The van der Waals surface area contributed by atoms with Crippen LogP contribution in [0.5, 0.6) is 0 Å². The second-order valence-corrected chi connectivity index (χ2v) is 4.01. The van der Waals surface area contributed by atoms with Crippen LogP contribution in [0.25, 0.3) is 0 Å². The highest BCUT2D eigenvalue weighted by Gasteiger charge is 2.16. The molecular weight excluding hydrogens is 250 g/mol. The van der Waals surface area contributed by atoms with Crippen LogP contribution in [0, 0.1) is 11.6 Å². The predicted octanol–water partition coefficient (Wildman–Crippen LogP) is 1.65. The molecule has 8 heteroatoms. The van der Waals surface area contributed by atoms with Gasteiger partial charge >= 0.3 is 0 Å². The zero-order chi connectivity index (χ0) is 12.4. The molecule has 88 valence electrons. The molecule has 3 N–H and O–H groups in total. The Kier molecular flexibility index (Phi) is 2.96. The number of nitrogen functional groups attached to an aromatic ring is 1. The molecule has 0 saturated heterocycles. The third kappa shape index (κ3) is 2.36. The van der Waals surface area contributed by atoms with Crippen LogP contribution in [-0.2, 0) is 0 Å². The molecule has 0 aliphatic heterocycles. The zero-order valence-corrected chi connectivity index (χ0v) is 9.09. The van der Waals surface area contributed by atoms with Crippen LogP contribution in [0.15, 0.2) is 18.2 Å². The molecule has 0 aliphatic rings. The fourth-order valence-corrected chi connectivity index (χ4v) is 1.62. The molecule has 0 saturated carbocycles. The van der Waals surface area contributed by atoms with Gasteiger partial charge in [0.25, 0.3) is 5.91 Å². The molecule has 1 aromatic heterocycles. The topological polar surface area (TPSA) is 80.9 Å². The van der Waals surface area contributed by atoms with Gasteiger partial charge in [0, 0.05) is 0 Å². The van der Waals surface area contributed by atoms with E-state index in [4.69, 9.17) is 5.73 Å². The molecule has 0 aliphatic carbocycles. The number of halogens is 2. The maximum Gasteiger partial charge on any atom is 0.286 e. The molecule has 2 rings (SSSR count). The maximum atomic E-state index is 13.2. The highest BCUT2D eigenvalue weighted by Crippen LogP contribution is 2.20. The largest absolute Gasteiger partial charge is 0.374 e. The van der Waals surface area contributed by atoms with Crippen LogP contribution in [0.1, 0.15) is 9.80 Å². The van der Waals surface area contributed by atoms with E-state index in [-0.39, 0.29) is 10.1 Å². The Bertz CT molecular complexity index is 552. The molecule has 0 spiro atoms. The molecule has 5 nitrogen and oxygen atoms in total. The number of hydrogen-bond donors (Lipinski definition) is 2. The first-order chi connectivity index (χ1) is 8.08. The van der Waals surface area contributed by atoms with E-state index in [9.17, 15) is 13.6 Å². The van der Waals surface area contributed by atoms with Crippen molar-refractivity contribution in [3.05, 3.63) is 34.8 Å². The Hall–Kier alpha value is -2.09. The summed E-state index contributed by atoms with van der Waals surface area (Å²) in [6.07, 6.45) is 0. The Morgan fingerprint density at radius 2 is 1.94 bits per heavy atom. The van der Waals surface area contributed by atoms with Crippen molar-refractivity contribution in [1.29, 1.82) is 0 Å². The van der Waals surface area contributed by atoms with Crippen LogP contribution in [0.3, 0.4) is 0 Å². The summed E-state index contributed by atoms with van der Waals surface area (Å²) >= 11 is 0.825. The number of benzene rings is 1. The Labute approximate surface area is 98.3 Å². The second kappa shape index (κ2) is 4.42. The van der Waals surface area contributed by atoms with Gasteiger partial charge in [-0.25, -0.2) is 8.78 Å². The number of nitrogens with zero attached hydrogens (tertiary/aromatic N) is 2. The number of anilines is 2. The minimum atomic E-state index is -0.865. The van der Waals surface area contributed by atoms with Gasteiger partial charge in [-0.2, -0.15) is 0 Å². The Balaban J connectivity index is 2.24. The SMILES string of the molecule is Nc1nnc(C(=O)Nc2c(F)cccc2F)s1. The summed E-state index contributed by atoms with van der Waals surface area (Å²) in [6, 6.07) is 3.27. The number of para-hydroxylation sites is 1. The van der Waals surface area contributed by atoms with E-state index < -0.39 is 23.2 Å². The van der Waals surface area contributed by atoms with E-state index in [0.717, 1.165) is 23.5 Å². The minimum Gasteiger partial charge on any atom is -0.374 e. The van der Waals surface area contributed by atoms with Gasteiger partial charge in [0.2, 0.25) is 10.1 Å². The number of rotatable bonds is 2. The first kappa shape index (κ1) is 11.4. The molecule has 1 amide bonds. The monoisotopic (exact) mass is 256 g/mol. The third-order valence-corrected chi connectivity index (χ3v) is 2.59. The second-order valence-electron chi connectivity index (χ2n) is 3.00. The number of nitrogens with one attached hydrogen (secondary N) is 1. The number of hydrogen-bond acceptors (Lipinski definition) is 5. The lowest BCUT2D eigenvalue weighted by Gasteiger charge is -2.04. The quantitative estimate of drug-likeness (QED) is 0.856. The van der Waals surface area contributed by atoms with Gasteiger partial charge in [-0.05, 0) is 12.1 Å². The summed E-state index contributed by atoms with van der Waals surface area (Å²) in [4.78, 5) is 11.5. The molecule has 1 aromatic carbocycles. The van der Waals surface area contributed by atoms with Crippen molar-refractivity contribution in [3.63, 3.8) is 0 Å². The van der Waals surface area contributed by atoms with Crippen molar-refractivity contribution in [3.8, 4) is 0 Å². The lowest BCUT2D eigenvalue weighted by Crippen LogP contribution is -2.14. The van der Waals surface area contributed by atoms with E-state index in [1.54, 1.807) is 0 Å². The first-order valence-corrected chi connectivity index (χ1v) is 5.24. The maximum absolute atomic E-state index is 13.2. The third-order valence-electron chi connectivity index (χ3n) is 1.84. The molecule has 0 atom stereocenters. The van der Waals surface area contributed by atoms with E-state index >= 15 is 0 Å². The van der Waals surface area contributed by atoms with Crippen molar-refractivity contribution in [1.82, 2.24) is 10.2 Å². The van der Waals surface area contributed by atoms with Gasteiger partial charge in [-0.15, -0.1) is 10.2 Å². The fraction of sp³-hybridized carbons (Fsp3) is 0. The zero-order valence-electron chi connectivity index (χ0n) is 8.28. The summed E-state index contributed by atoms with van der Waals surface area (Å²) < 4.78 is 26.4. The highest BCUT2D eigenvalue weighted by atomic mass is 32.1. The summed E-state index contributed by atoms with van der Waals surface area (Å²) in [5, 5.41) is 8.99. The van der Waals surface area contributed by atoms with Crippen LogP contribution < -0.4 is 11.1 Å². The van der Waals surface area contributed by atoms with Crippen LogP contribution in [-0.4, -0.2) is 16.1 Å². The lowest BCUT2D eigenvalue weighted by molar-refractivity contribution is 0.102. The number of aromatic nitrogens is 2. The Morgan fingerprint density at radius 1 is 1.29 bits per heavy atom. The van der Waals surface area contributed by atoms with Gasteiger partial charge in [0.15, 0.2) is 0 Å². The predicted molar refractivity (Wildman–Crippen MR) is 58.6 cm³/mol. The first-order valence-electron chi connectivity index (χ1n) is 4.42. The lowest BCUT2D eigenvalue weighted by atomic mass is 10.3. The number of amides is 1. The van der Waals surface area contributed by atoms with Crippen LogP contribution >= 0.6 is 11.3 Å². The average molecular weight is 256 g/mol. The number of nitrogens with two attached hydrogens (primary N) is 1. The summed E-state index contributed by atoms with van der Waals surface area (Å²) in [7, 11) is 0. The van der Waals surface area contributed by atoms with Gasteiger partial charge in [-0.3, -0.25) is 4.79 Å². The Morgan fingerprint density at radius 3 is 2.47 bits per heavy atom. The van der Waals surface area contributed by atoms with Crippen LogP contribution in [0.2, 0.25) is 0 Å². The smallest absolute Gasteiger partial charge is 0.286 e. The van der Waals surface area contributed by atoms with E-state index in [2.05, 4.69) is 15.5 Å². The van der Waals surface area contributed by atoms with Crippen molar-refractivity contribution in [2.75, 3.05) is 11.1 Å². The molecular formula is C9H6F2N4OS. The van der Waals surface area contributed by atoms with E-state index in [1.165, 1.54) is 6.07 Å². The van der Waals surface area contributed by atoms with E-state index in [1.807, 2.05) is 0 Å². The molecule has 1 heterocycles. The molecule has 0 fully saturated rings. The van der Waals surface area contributed by atoms with Crippen molar-refractivity contribution in [2.24, 2.45) is 0 Å². The number of carbonyl (C=O) groups excluding carboxylic acids is 1. The molecule has 0 unspecified atom stereocenters. The van der Waals surface area contributed by atoms with Crippen LogP contribution in [0.4, 0.5) is 19.6 Å². The average Bonchev–Trinajstić information content (AvgIpc) is 2.70. The highest BCUT2D eigenvalue weighted by molar-refractivity contribution is 7.16. The van der Waals surface area contributed by atoms with E-state index in [0.29, 0.717) is 0 Å². The fourth-order valence-electron chi connectivity index (χ4n) is 1.11. The molecule has 17 heavy (non-hydrogen) atoms. The van der Waals surface area contributed by atoms with Gasteiger partial charge in [-0.1, -0.05) is 17.4 Å². The minimum absolute atomic E-state index is 0.0647. The summed E-state index contributed by atoms with van der Waals surface area (Å²) in [5.74, 6) is -2.49. The standard InChI is InChI=1S/C9H6F2N4OS/c10-4-2-1-3-5(11)6(4)13-7(16)8-14-15-9(12)17-8/h1-3H,(H2,12,15)(H,13,16). The molecule has 0 radical (unpaired) electrons.